The molecule has 1 atom stereocenters. The van der Waals surface area contributed by atoms with Crippen LogP contribution >= 0.6 is 0 Å². The van der Waals surface area contributed by atoms with Gasteiger partial charge in [-0.25, -0.2) is 8.42 Å². The molecule has 0 bridgehead atoms. The number of fused-ring (bicyclic) bond motifs is 1. The van der Waals surface area contributed by atoms with Crippen LogP contribution in [0.5, 0.6) is 0 Å². The van der Waals surface area contributed by atoms with Gasteiger partial charge in [-0.15, -0.1) is 0 Å². The topological polar surface area (TPSA) is 86.4 Å². The Morgan fingerprint density at radius 1 is 1.36 bits per heavy atom. The first-order chi connectivity index (χ1) is 11.7. The van der Waals surface area contributed by atoms with Gasteiger partial charge >= 0.3 is 0 Å². The number of para-hydroxylation sites is 1. The number of nitrogens with zero attached hydrogens (tertiary/aromatic N) is 3. The molecule has 1 aromatic heterocycles. The number of aromatic amines is 1. The van der Waals surface area contributed by atoms with E-state index in [9.17, 15) is 13.2 Å². The van der Waals surface area contributed by atoms with E-state index in [1.54, 1.807) is 18.7 Å². The van der Waals surface area contributed by atoms with Gasteiger partial charge in [-0.1, -0.05) is 18.2 Å². The maximum atomic E-state index is 12.8. The number of aromatic nitrogens is 2. The molecule has 0 spiro atoms. The molecule has 0 saturated carbocycles. The molecule has 7 nitrogen and oxygen atoms in total. The molecule has 1 amide bonds. The zero-order chi connectivity index (χ0) is 18.4. The van der Waals surface area contributed by atoms with Crippen LogP contribution in [0, 0.1) is 13.8 Å². The lowest BCUT2D eigenvalue weighted by Gasteiger charge is -2.25. The van der Waals surface area contributed by atoms with Crippen molar-refractivity contribution in [2.75, 3.05) is 18.5 Å². The fourth-order valence-corrected chi connectivity index (χ4v) is 4.82. The third kappa shape index (κ3) is 2.96. The van der Waals surface area contributed by atoms with Crippen LogP contribution in [0.1, 0.15) is 23.9 Å². The van der Waals surface area contributed by atoms with Crippen molar-refractivity contribution in [3.63, 3.8) is 0 Å². The van der Waals surface area contributed by atoms with Crippen LogP contribution in [0.15, 0.2) is 29.2 Å². The Balaban J connectivity index is 1.84. The molecule has 2 aromatic rings. The summed E-state index contributed by atoms with van der Waals surface area (Å²) in [6, 6.07) is 7.74. The standard InChI is InChI=1S/C17H22N4O3S/c1-11-9-14-7-5-6-8-15(14)21(11)16(22)10-20(4)25(23,24)17-12(2)18-19-13(17)3/h5-8,11H,9-10H2,1-4H3,(H,18,19). The van der Waals surface area contributed by atoms with E-state index in [1.807, 2.05) is 31.2 Å². The van der Waals surface area contributed by atoms with Crippen molar-refractivity contribution >= 4 is 21.6 Å². The van der Waals surface area contributed by atoms with Crippen LogP contribution in [-0.2, 0) is 21.2 Å². The van der Waals surface area contributed by atoms with Crippen LogP contribution in [0.4, 0.5) is 5.69 Å². The maximum Gasteiger partial charge on any atom is 0.246 e. The van der Waals surface area contributed by atoms with Gasteiger partial charge in [0.25, 0.3) is 0 Å². The maximum absolute atomic E-state index is 12.8. The second-order valence-corrected chi connectivity index (χ2v) is 8.45. The highest BCUT2D eigenvalue weighted by atomic mass is 32.2. The van der Waals surface area contributed by atoms with Gasteiger partial charge in [0.2, 0.25) is 15.9 Å². The van der Waals surface area contributed by atoms with Gasteiger partial charge in [0.05, 0.1) is 17.9 Å². The first-order valence-corrected chi connectivity index (χ1v) is 9.55. The molecule has 25 heavy (non-hydrogen) atoms. The molecule has 0 aliphatic carbocycles. The predicted molar refractivity (Wildman–Crippen MR) is 95.0 cm³/mol. The van der Waals surface area contributed by atoms with Crippen molar-refractivity contribution in [3.05, 3.63) is 41.2 Å². The van der Waals surface area contributed by atoms with Gasteiger partial charge in [-0.3, -0.25) is 9.89 Å². The number of H-pyrrole nitrogens is 1. The van der Waals surface area contributed by atoms with Crippen LogP contribution < -0.4 is 4.90 Å². The van der Waals surface area contributed by atoms with E-state index in [-0.39, 0.29) is 23.4 Å². The van der Waals surface area contributed by atoms with E-state index in [4.69, 9.17) is 0 Å². The Morgan fingerprint density at radius 2 is 2.04 bits per heavy atom. The van der Waals surface area contributed by atoms with Gasteiger partial charge in [-0.2, -0.15) is 9.40 Å². The molecule has 2 heterocycles. The number of hydrogen-bond acceptors (Lipinski definition) is 4. The molecule has 8 heteroatoms. The molecular formula is C17H22N4O3S. The number of hydrogen-bond donors (Lipinski definition) is 1. The second kappa shape index (κ2) is 6.27. The lowest BCUT2D eigenvalue weighted by Crippen LogP contribution is -2.43. The SMILES string of the molecule is Cc1n[nH]c(C)c1S(=O)(=O)N(C)CC(=O)N1c2ccccc2CC1C. The number of benzene rings is 1. The van der Waals surface area contributed by atoms with Gasteiger partial charge in [0, 0.05) is 18.8 Å². The highest BCUT2D eigenvalue weighted by Crippen LogP contribution is 2.32. The first-order valence-electron chi connectivity index (χ1n) is 8.11. The van der Waals surface area contributed by atoms with Gasteiger partial charge < -0.3 is 4.90 Å². The first kappa shape index (κ1) is 17.6. The van der Waals surface area contributed by atoms with E-state index in [0.29, 0.717) is 11.4 Å². The fourth-order valence-electron chi connectivity index (χ4n) is 3.37. The summed E-state index contributed by atoms with van der Waals surface area (Å²) in [7, 11) is -2.36. The highest BCUT2D eigenvalue weighted by Gasteiger charge is 2.34. The minimum Gasteiger partial charge on any atom is -0.308 e. The molecule has 134 valence electrons. The summed E-state index contributed by atoms with van der Waals surface area (Å²) < 4.78 is 26.7. The second-order valence-electron chi connectivity index (χ2n) is 6.47. The van der Waals surface area contributed by atoms with Crippen LogP contribution in [-0.4, -0.2) is 48.5 Å². The average Bonchev–Trinajstić information content (AvgIpc) is 3.05. The zero-order valence-corrected chi connectivity index (χ0v) is 15.6. The number of nitrogens with one attached hydrogen (secondary N) is 1. The normalized spacial score (nSPS) is 17.2. The van der Waals surface area contributed by atoms with Gasteiger partial charge in [-0.05, 0) is 38.8 Å². The molecule has 1 aliphatic rings. The summed E-state index contributed by atoms with van der Waals surface area (Å²) in [5.41, 5.74) is 2.84. The summed E-state index contributed by atoms with van der Waals surface area (Å²) in [6.45, 7) is 5.04. The Labute approximate surface area is 147 Å². The van der Waals surface area contributed by atoms with Crippen molar-refractivity contribution in [2.45, 2.75) is 38.1 Å². The summed E-state index contributed by atoms with van der Waals surface area (Å²) in [6.07, 6.45) is 0.776. The number of amides is 1. The van der Waals surface area contributed by atoms with Crippen molar-refractivity contribution in [1.82, 2.24) is 14.5 Å². The molecule has 0 radical (unpaired) electrons. The Hall–Kier alpha value is -2.19. The van der Waals surface area contributed by atoms with E-state index in [2.05, 4.69) is 10.2 Å². The Kier molecular flexibility index (Phi) is 4.42. The number of rotatable bonds is 4. The predicted octanol–water partition coefficient (Wildman–Crippen LogP) is 1.62. The van der Waals surface area contributed by atoms with E-state index in [0.717, 1.165) is 22.0 Å². The summed E-state index contributed by atoms with van der Waals surface area (Å²) >= 11 is 0. The average molecular weight is 362 g/mol. The minimum absolute atomic E-state index is 0.0124. The zero-order valence-electron chi connectivity index (χ0n) is 14.8. The van der Waals surface area contributed by atoms with Crippen molar-refractivity contribution in [3.8, 4) is 0 Å². The summed E-state index contributed by atoms with van der Waals surface area (Å²) in [5, 5.41) is 6.61. The number of anilines is 1. The lowest BCUT2D eigenvalue weighted by atomic mass is 10.1. The van der Waals surface area contributed by atoms with Crippen molar-refractivity contribution < 1.29 is 13.2 Å². The smallest absolute Gasteiger partial charge is 0.246 e. The van der Waals surface area contributed by atoms with Crippen molar-refractivity contribution in [1.29, 1.82) is 0 Å². The number of carbonyl (C=O) groups is 1. The Bertz CT molecular complexity index is 900. The third-order valence-electron chi connectivity index (χ3n) is 4.56. The highest BCUT2D eigenvalue weighted by molar-refractivity contribution is 7.89. The number of sulfonamides is 1. The van der Waals surface area contributed by atoms with E-state index >= 15 is 0 Å². The minimum atomic E-state index is -3.78. The monoisotopic (exact) mass is 362 g/mol. The third-order valence-corrected chi connectivity index (χ3v) is 6.63. The molecule has 1 unspecified atom stereocenters. The number of carbonyl (C=O) groups excluding carboxylic acids is 1. The molecule has 1 aliphatic heterocycles. The Morgan fingerprint density at radius 3 is 2.68 bits per heavy atom. The molecule has 1 N–H and O–H groups in total. The van der Waals surface area contributed by atoms with E-state index in [1.165, 1.54) is 7.05 Å². The molecule has 3 rings (SSSR count). The van der Waals surface area contributed by atoms with E-state index < -0.39 is 10.0 Å². The molecule has 0 fully saturated rings. The molecule has 1 aromatic carbocycles. The number of aryl methyl sites for hydroxylation is 2. The van der Waals surface area contributed by atoms with Crippen LogP contribution in [0.2, 0.25) is 0 Å². The largest absolute Gasteiger partial charge is 0.308 e. The van der Waals surface area contributed by atoms with Gasteiger partial charge in [0.1, 0.15) is 4.90 Å². The quantitative estimate of drug-likeness (QED) is 0.895. The van der Waals surface area contributed by atoms with Crippen LogP contribution in [0.3, 0.4) is 0 Å². The molecular weight excluding hydrogens is 340 g/mol. The summed E-state index contributed by atoms with van der Waals surface area (Å²) in [5.74, 6) is -0.234. The van der Waals surface area contributed by atoms with Crippen LogP contribution in [0.25, 0.3) is 0 Å². The fraction of sp³-hybridized carbons (Fsp3) is 0.412. The van der Waals surface area contributed by atoms with Gasteiger partial charge in [0.15, 0.2) is 0 Å². The lowest BCUT2D eigenvalue weighted by molar-refractivity contribution is -0.118. The van der Waals surface area contributed by atoms with Crippen molar-refractivity contribution in [2.24, 2.45) is 0 Å². The molecule has 0 saturated heterocycles. The summed E-state index contributed by atoms with van der Waals surface area (Å²) in [4.78, 5) is 14.6. The number of likely N-dealkylation sites (N-methyl/N-ethyl adjacent to an activating group) is 1.